The minimum absolute atomic E-state index is 0.713. The molecule has 0 N–H and O–H groups in total. The molecule has 2 atom stereocenters. The van der Waals surface area contributed by atoms with Crippen LogP contribution >= 0.6 is 23.5 Å². The van der Waals surface area contributed by atoms with Gasteiger partial charge in [-0.15, -0.1) is 23.5 Å². The topological polar surface area (TPSA) is 9.23 Å². The summed E-state index contributed by atoms with van der Waals surface area (Å²) in [6, 6.07) is 3.82. The third-order valence-electron chi connectivity index (χ3n) is 4.70. The maximum atomic E-state index is 6.45. The van der Waals surface area contributed by atoms with Crippen molar-refractivity contribution in [1.82, 2.24) is 0 Å². The Labute approximate surface area is 136 Å². The zero-order chi connectivity index (χ0) is 15.0. The second-order valence-electron chi connectivity index (χ2n) is 6.34. The molecule has 1 rings (SSSR count). The van der Waals surface area contributed by atoms with Crippen molar-refractivity contribution in [3.63, 3.8) is 0 Å². The Kier molecular flexibility index (Phi) is 9.28. The van der Waals surface area contributed by atoms with Crippen LogP contribution in [0.2, 0.25) is 18.1 Å². The van der Waals surface area contributed by atoms with Crippen LogP contribution in [0.3, 0.4) is 0 Å². The van der Waals surface area contributed by atoms with E-state index in [1.54, 1.807) is 0 Å². The third kappa shape index (κ3) is 5.94. The van der Waals surface area contributed by atoms with Crippen LogP contribution in [-0.4, -0.2) is 31.0 Å². The van der Waals surface area contributed by atoms with E-state index in [2.05, 4.69) is 58.1 Å². The maximum absolute atomic E-state index is 6.45. The molecule has 1 aliphatic heterocycles. The van der Waals surface area contributed by atoms with E-state index >= 15 is 0 Å². The van der Waals surface area contributed by atoms with Gasteiger partial charge in [0.05, 0.1) is 4.58 Å². The molecular formula is C16H34OS2Si. The lowest BCUT2D eigenvalue weighted by Gasteiger charge is -2.32. The van der Waals surface area contributed by atoms with E-state index in [0.717, 1.165) is 17.1 Å². The van der Waals surface area contributed by atoms with Crippen LogP contribution < -0.4 is 0 Å². The molecule has 0 aromatic heterocycles. The second-order valence-corrected chi connectivity index (χ2v) is 13.9. The molecule has 0 amide bonds. The predicted molar refractivity (Wildman–Crippen MR) is 99.4 cm³/mol. The molecule has 1 saturated heterocycles. The summed E-state index contributed by atoms with van der Waals surface area (Å²) in [5.41, 5.74) is 0. The molecule has 4 heteroatoms. The molecule has 120 valence electrons. The molecule has 20 heavy (non-hydrogen) atoms. The van der Waals surface area contributed by atoms with Crippen molar-refractivity contribution in [3.8, 4) is 0 Å². The van der Waals surface area contributed by atoms with Gasteiger partial charge in [0.15, 0.2) is 8.32 Å². The standard InChI is InChI=1S/C16H34OS2Si/c1-6-20(7-2,8-3)17-13-14(4)12-15(5)16-18-10-9-11-19-16/h14-16H,6-13H2,1-5H3/t14-,15+/m0/s1. The van der Waals surface area contributed by atoms with Crippen LogP contribution in [0.25, 0.3) is 0 Å². The average Bonchev–Trinajstić information content (AvgIpc) is 2.50. The van der Waals surface area contributed by atoms with Crippen molar-refractivity contribution >= 4 is 31.8 Å². The summed E-state index contributed by atoms with van der Waals surface area (Å²) in [5.74, 6) is 4.27. The molecule has 0 unspecified atom stereocenters. The Morgan fingerprint density at radius 1 is 1.05 bits per heavy atom. The van der Waals surface area contributed by atoms with E-state index in [-0.39, 0.29) is 0 Å². The van der Waals surface area contributed by atoms with Gasteiger partial charge in [0, 0.05) is 6.61 Å². The molecule has 0 aromatic carbocycles. The summed E-state index contributed by atoms with van der Waals surface area (Å²) >= 11 is 4.36. The molecule has 1 nitrogen and oxygen atoms in total. The highest BCUT2D eigenvalue weighted by molar-refractivity contribution is 8.17. The first-order valence-corrected chi connectivity index (χ1v) is 13.1. The molecule has 1 heterocycles. The van der Waals surface area contributed by atoms with Gasteiger partial charge in [-0.3, -0.25) is 0 Å². The largest absolute Gasteiger partial charge is 0.417 e. The Balaban J connectivity index is 2.33. The summed E-state index contributed by atoms with van der Waals surface area (Å²) in [5, 5.41) is 0. The van der Waals surface area contributed by atoms with Crippen LogP contribution in [0, 0.1) is 11.8 Å². The van der Waals surface area contributed by atoms with Crippen molar-refractivity contribution in [1.29, 1.82) is 0 Å². The van der Waals surface area contributed by atoms with Crippen LogP contribution in [0.5, 0.6) is 0 Å². The van der Waals surface area contributed by atoms with Crippen molar-refractivity contribution < 1.29 is 4.43 Å². The second kappa shape index (κ2) is 9.81. The fourth-order valence-electron chi connectivity index (χ4n) is 3.02. The van der Waals surface area contributed by atoms with Gasteiger partial charge >= 0.3 is 0 Å². The van der Waals surface area contributed by atoms with E-state index in [1.807, 2.05) is 0 Å². The minimum atomic E-state index is -1.38. The molecule has 1 aliphatic rings. The predicted octanol–water partition coefficient (Wildman–Crippen LogP) is 5.87. The van der Waals surface area contributed by atoms with Crippen LogP contribution in [-0.2, 0) is 4.43 Å². The van der Waals surface area contributed by atoms with Crippen molar-refractivity contribution in [2.45, 2.75) is 70.2 Å². The Bertz CT molecular complexity index is 245. The van der Waals surface area contributed by atoms with Crippen LogP contribution in [0.4, 0.5) is 0 Å². The Morgan fingerprint density at radius 2 is 1.60 bits per heavy atom. The monoisotopic (exact) mass is 334 g/mol. The zero-order valence-electron chi connectivity index (χ0n) is 14.1. The lowest BCUT2D eigenvalue weighted by atomic mass is 9.99. The quantitative estimate of drug-likeness (QED) is 0.488. The van der Waals surface area contributed by atoms with E-state index < -0.39 is 8.32 Å². The molecule has 0 radical (unpaired) electrons. The minimum Gasteiger partial charge on any atom is -0.417 e. The van der Waals surface area contributed by atoms with Gasteiger partial charge in [-0.25, -0.2) is 0 Å². The maximum Gasteiger partial charge on any atom is 0.191 e. The van der Waals surface area contributed by atoms with Crippen molar-refractivity contribution in [3.05, 3.63) is 0 Å². The van der Waals surface area contributed by atoms with Crippen molar-refractivity contribution in [2.75, 3.05) is 18.1 Å². The highest BCUT2D eigenvalue weighted by atomic mass is 32.2. The van der Waals surface area contributed by atoms with E-state index in [1.165, 1.54) is 42.5 Å². The molecular weight excluding hydrogens is 300 g/mol. The fraction of sp³-hybridized carbons (Fsp3) is 1.00. The summed E-state index contributed by atoms with van der Waals surface area (Å²) in [4.78, 5) is 0. The van der Waals surface area contributed by atoms with E-state index in [9.17, 15) is 0 Å². The summed E-state index contributed by atoms with van der Waals surface area (Å²) in [6.45, 7) is 12.8. The first-order chi connectivity index (χ1) is 9.56. The summed E-state index contributed by atoms with van der Waals surface area (Å²) in [7, 11) is -1.38. The van der Waals surface area contributed by atoms with Gasteiger partial charge in [0.1, 0.15) is 0 Å². The van der Waals surface area contributed by atoms with E-state index in [0.29, 0.717) is 5.92 Å². The molecule has 1 fully saturated rings. The lowest BCUT2D eigenvalue weighted by Crippen LogP contribution is -2.37. The van der Waals surface area contributed by atoms with E-state index in [4.69, 9.17) is 4.43 Å². The fourth-order valence-corrected chi connectivity index (χ4v) is 8.88. The smallest absolute Gasteiger partial charge is 0.191 e. The average molecular weight is 335 g/mol. The van der Waals surface area contributed by atoms with Crippen LogP contribution in [0.1, 0.15) is 47.5 Å². The Morgan fingerprint density at radius 3 is 2.10 bits per heavy atom. The van der Waals surface area contributed by atoms with Gasteiger partial charge in [0.25, 0.3) is 0 Å². The molecule has 0 aromatic rings. The lowest BCUT2D eigenvalue weighted by molar-refractivity contribution is 0.225. The van der Waals surface area contributed by atoms with Crippen LogP contribution in [0.15, 0.2) is 0 Å². The first kappa shape index (κ1) is 18.9. The number of hydrogen-bond acceptors (Lipinski definition) is 3. The van der Waals surface area contributed by atoms with Gasteiger partial charge < -0.3 is 4.43 Å². The van der Waals surface area contributed by atoms with Gasteiger partial charge in [-0.1, -0.05) is 34.6 Å². The summed E-state index contributed by atoms with van der Waals surface area (Å²) < 4.78 is 7.28. The molecule has 0 saturated carbocycles. The molecule has 0 aliphatic carbocycles. The first-order valence-electron chi connectivity index (χ1n) is 8.44. The zero-order valence-corrected chi connectivity index (χ0v) is 16.7. The summed E-state index contributed by atoms with van der Waals surface area (Å²) in [6.07, 6.45) is 2.72. The third-order valence-corrected chi connectivity index (χ3v) is 12.8. The van der Waals surface area contributed by atoms with Gasteiger partial charge in [0.2, 0.25) is 0 Å². The molecule has 0 spiro atoms. The number of rotatable bonds is 9. The number of hydrogen-bond donors (Lipinski definition) is 0. The highest BCUT2D eigenvalue weighted by Gasteiger charge is 2.30. The number of thioether (sulfide) groups is 2. The van der Waals surface area contributed by atoms with Gasteiger partial charge in [-0.05, 0) is 54.3 Å². The molecule has 0 bridgehead atoms. The SMILES string of the molecule is CC[Si](CC)(CC)OC[C@@H](C)C[C@@H](C)C1SCCCS1. The van der Waals surface area contributed by atoms with Crippen molar-refractivity contribution in [2.24, 2.45) is 11.8 Å². The Hall–Kier alpha value is 0.877. The highest BCUT2D eigenvalue weighted by Crippen LogP contribution is 2.38. The normalized spacial score (nSPS) is 20.9. The van der Waals surface area contributed by atoms with Gasteiger partial charge in [-0.2, -0.15) is 0 Å².